The average Bonchev–Trinajstić information content (AvgIpc) is 2.89. The monoisotopic (exact) mass is 541 g/mol. The van der Waals surface area contributed by atoms with Gasteiger partial charge in [0.15, 0.2) is 17.5 Å². The van der Waals surface area contributed by atoms with Crippen LogP contribution in [0.4, 0.5) is 30.7 Å². The molecule has 2 nitrogen and oxygen atoms in total. The summed E-state index contributed by atoms with van der Waals surface area (Å²) in [6.45, 7) is 3.67. The van der Waals surface area contributed by atoms with E-state index in [9.17, 15) is 30.7 Å². The van der Waals surface area contributed by atoms with Crippen LogP contribution in [0.1, 0.15) is 28.8 Å². The Bertz CT molecular complexity index is 1520. The molecule has 4 rings (SSSR count). The Morgan fingerprint density at radius 1 is 0.821 bits per heavy atom. The molecule has 39 heavy (non-hydrogen) atoms. The third-order valence-corrected chi connectivity index (χ3v) is 5.55. The van der Waals surface area contributed by atoms with Crippen molar-refractivity contribution in [2.45, 2.75) is 19.0 Å². The summed E-state index contributed by atoms with van der Waals surface area (Å²) in [6, 6.07) is 9.98. The molecule has 0 saturated heterocycles. The van der Waals surface area contributed by atoms with Gasteiger partial charge < -0.3 is 4.74 Å². The minimum Gasteiger partial charge on any atom is -0.429 e. The minimum absolute atomic E-state index is 0.384. The predicted molar refractivity (Wildman–Crippen MR) is 131 cm³/mol. The van der Waals surface area contributed by atoms with Crippen LogP contribution in [0.15, 0.2) is 79.5 Å². The van der Waals surface area contributed by atoms with Gasteiger partial charge in [-0.05, 0) is 72.4 Å². The summed E-state index contributed by atoms with van der Waals surface area (Å²) in [5.41, 5.74) is -0.284. The van der Waals surface area contributed by atoms with Gasteiger partial charge in [0.05, 0.1) is 11.1 Å². The first-order valence-electron chi connectivity index (χ1n) is 11.5. The molecule has 3 aromatic carbocycles. The lowest BCUT2D eigenvalue weighted by Crippen LogP contribution is -2.22. The Hall–Kier alpha value is -4.58. The number of alkyl halides is 2. The predicted octanol–water partition coefficient (Wildman–Crippen LogP) is 8.09. The molecule has 0 aliphatic heterocycles. The molecule has 0 saturated carbocycles. The molecule has 9 heteroatoms. The molecule has 1 heterocycles. The van der Waals surface area contributed by atoms with E-state index in [0.717, 1.165) is 30.5 Å². The van der Waals surface area contributed by atoms with Crippen LogP contribution in [-0.4, -0.2) is 4.98 Å². The minimum atomic E-state index is -4.00. The first kappa shape index (κ1) is 27.5. The van der Waals surface area contributed by atoms with E-state index in [4.69, 9.17) is 0 Å². The standard InChI is InChI=1S/C30H18F7NO/c1-2-3-4-19-8-12-22(38-17-19)11-7-18-5-9-21(10-6-18)30(36,37)39-23-15-24(31)28(25(32)16-23)20-13-26(33)29(35)27(34)14-20/h2,5-6,8-10,12-17H,1,3-4H2. The summed E-state index contributed by atoms with van der Waals surface area (Å²) in [7, 11) is 0. The second kappa shape index (κ2) is 11.4. The molecule has 0 spiro atoms. The number of halogens is 7. The highest BCUT2D eigenvalue weighted by Gasteiger charge is 2.35. The highest BCUT2D eigenvalue weighted by atomic mass is 19.3. The lowest BCUT2D eigenvalue weighted by atomic mass is 10.0. The molecule has 0 fully saturated rings. The van der Waals surface area contributed by atoms with Gasteiger partial charge in [0, 0.05) is 23.9 Å². The number of hydrogen-bond acceptors (Lipinski definition) is 2. The first-order valence-corrected chi connectivity index (χ1v) is 11.5. The molecule has 0 unspecified atom stereocenters. The largest absolute Gasteiger partial charge is 0.429 e. The maximum atomic E-state index is 14.7. The van der Waals surface area contributed by atoms with Crippen LogP contribution in [0.2, 0.25) is 0 Å². The Labute approximate surface area is 219 Å². The molecule has 0 amide bonds. The highest BCUT2D eigenvalue weighted by molar-refractivity contribution is 5.66. The topological polar surface area (TPSA) is 22.1 Å². The third kappa shape index (κ3) is 6.47. The molecule has 0 radical (unpaired) electrons. The van der Waals surface area contributed by atoms with Gasteiger partial charge in [-0.25, -0.2) is 26.9 Å². The van der Waals surface area contributed by atoms with E-state index in [2.05, 4.69) is 28.1 Å². The van der Waals surface area contributed by atoms with Crippen molar-refractivity contribution >= 4 is 0 Å². The number of nitrogens with zero attached hydrogens (tertiary/aromatic N) is 1. The summed E-state index contributed by atoms with van der Waals surface area (Å²) in [5, 5.41) is 0. The fourth-order valence-corrected chi connectivity index (χ4v) is 3.59. The Kier molecular flexibility index (Phi) is 8.05. The maximum Gasteiger partial charge on any atom is 0.426 e. The molecule has 1 aromatic heterocycles. The van der Waals surface area contributed by atoms with E-state index in [1.807, 2.05) is 6.07 Å². The third-order valence-electron chi connectivity index (χ3n) is 5.55. The van der Waals surface area contributed by atoms with E-state index in [-0.39, 0.29) is 0 Å². The molecule has 0 aliphatic rings. The summed E-state index contributed by atoms with van der Waals surface area (Å²) in [6.07, 6.45) is 1.13. The molecular formula is C30H18F7NO. The Morgan fingerprint density at radius 3 is 2.03 bits per heavy atom. The van der Waals surface area contributed by atoms with Crippen LogP contribution < -0.4 is 4.74 Å². The summed E-state index contributed by atoms with van der Waals surface area (Å²) >= 11 is 0. The van der Waals surface area contributed by atoms with Crippen molar-refractivity contribution in [1.29, 1.82) is 0 Å². The first-order chi connectivity index (χ1) is 18.6. The van der Waals surface area contributed by atoms with Crippen molar-refractivity contribution in [2.24, 2.45) is 0 Å². The zero-order valence-corrected chi connectivity index (χ0v) is 20.1. The van der Waals surface area contributed by atoms with Crippen LogP contribution >= 0.6 is 0 Å². The van der Waals surface area contributed by atoms with Crippen molar-refractivity contribution in [2.75, 3.05) is 0 Å². The van der Waals surface area contributed by atoms with E-state index < -0.39 is 57.6 Å². The van der Waals surface area contributed by atoms with E-state index in [1.54, 1.807) is 18.3 Å². The normalized spacial score (nSPS) is 11.1. The Morgan fingerprint density at radius 2 is 1.46 bits per heavy atom. The van der Waals surface area contributed by atoms with Crippen molar-refractivity contribution in [3.63, 3.8) is 0 Å². The smallest absolute Gasteiger partial charge is 0.426 e. The lowest BCUT2D eigenvalue weighted by Gasteiger charge is -2.19. The molecule has 0 atom stereocenters. The van der Waals surface area contributed by atoms with Gasteiger partial charge in [-0.1, -0.05) is 18.1 Å². The number of hydrogen-bond donors (Lipinski definition) is 0. The number of allylic oxidation sites excluding steroid dienone is 1. The van der Waals surface area contributed by atoms with E-state index in [1.165, 1.54) is 12.1 Å². The number of rotatable bonds is 7. The second-order valence-electron chi connectivity index (χ2n) is 8.34. The number of ether oxygens (including phenoxy) is 1. The molecule has 4 aromatic rings. The summed E-state index contributed by atoms with van der Waals surface area (Å²) in [4.78, 5) is 4.24. The second-order valence-corrected chi connectivity index (χ2v) is 8.34. The lowest BCUT2D eigenvalue weighted by molar-refractivity contribution is -0.185. The van der Waals surface area contributed by atoms with Crippen LogP contribution in [0, 0.1) is 40.9 Å². The van der Waals surface area contributed by atoms with Crippen molar-refractivity contribution in [1.82, 2.24) is 4.98 Å². The average molecular weight is 541 g/mol. The van der Waals surface area contributed by atoms with Gasteiger partial charge >= 0.3 is 6.11 Å². The van der Waals surface area contributed by atoms with Crippen LogP contribution in [0.25, 0.3) is 11.1 Å². The fraction of sp³-hybridized carbons (Fsp3) is 0.100. The van der Waals surface area contributed by atoms with Gasteiger partial charge in [-0.3, -0.25) is 0 Å². The molecule has 0 N–H and O–H groups in total. The SMILES string of the molecule is C=CCCc1ccc(C#Cc2ccc(C(F)(F)Oc3cc(F)c(-c4cc(F)c(F)c(F)c4)c(F)c3)cc2)nc1. The maximum absolute atomic E-state index is 14.7. The number of benzene rings is 3. The molecular weight excluding hydrogens is 523 g/mol. The fourth-order valence-electron chi connectivity index (χ4n) is 3.59. The quantitative estimate of drug-likeness (QED) is 0.102. The number of pyridine rings is 1. The molecule has 198 valence electrons. The van der Waals surface area contributed by atoms with E-state index >= 15 is 0 Å². The van der Waals surface area contributed by atoms with Crippen LogP contribution in [0.5, 0.6) is 5.75 Å². The van der Waals surface area contributed by atoms with Gasteiger partial charge in [0.2, 0.25) is 0 Å². The highest BCUT2D eigenvalue weighted by Crippen LogP contribution is 2.36. The van der Waals surface area contributed by atoms with Crippen molar-refractivity contribution < 1.29 is 35.5 Å². The summed E-state index contributed by atoms with van der Waals surface area (Å²) in [5.74, 6) is -3.29. The Balaban J connectivity index is 1.49. The van der Waals surface area contributed by atoms with Crippen molar-refractivity contribution in [3.05, 3.63) is 131 Å². The molecule has 0 aliphatic carbocycles. The van der Waals surface area contributed by atoms with Crippen molar-refractivity contribution in [3.8, 4) is 28.7 Å². The number of aromatic nitrogens is 1. The van der Waals surface area contributed by atoms with Crippen LogP contribution in [0.3, 0.4) is 0 Å². The van der Waals surface area contributed by atoms with E-state index in [0.29, 0.717) is 35.5 Å². The van der Waals surface area contributed by atoms with Gasteiger partial charge in [-0.2, -0.15) is 8.78 Å². The molecule has 0 bridgehead atoms. The van der Waals surface area contributed by atoms with Gasteiger partial charge in [-0.15, -0.1) is 6.58 Å². The van der Waals surface area contributed by atoms with Gasteiger partial charge in [0.1, 0.15) is 23.1 Å². The zero-order chi connectivity index (χ0) is 28.2. The number of aryl methyl sites for hydroxylation is 1. The summed E-state index contributed by atoms with van der Waals surface area (Å²) < 4.78 is 103. The zero-order valence-electron chi connectivity index (χ0n) is 20.1. The van der Waals surface area contributed by atoms with Gasteiger partial charge in [0.25, 0.3) is 0 Å². The van der Waals surface area contributed by atoms with Crippen LogP contribution in [-0.2, 0) is 12.5 Å².